The van der Waals surface area contributed by atoms with Gasteiger partial charge < -0.3 is 10.1 Å². The number of nitrogens with zero attached hydrogens (tertiary/aromatic N) is 1. The lowest BCUT2D eigenvalue weighted by molar-refractivity contribution is 0.0373. The van der Waals surface area contributed by atoms with E-state index in [9.17, 15) is 0 Å². The Kier molecular flexibility index (Phi) is 8.67. The van der Waals surface area contributed by atoms with E-state index < -0.39 is 0 Å². The second kappa shape index (κ2) is 9.86. The predicted molar refractivity (Wildman–Crippen MR) is 73.5 cm³/mol. The zero-order valence-electron chi connectivity index (χ0n) is 11.7. The van der Waals surface area contributed by atoms with Crippen molar-refractivity contribution in [3.8, 4) is 0 Å². The largest absolute Gasteiger partial charge is 0.379 e. The van der Waals surface area contributed by atoms with Crippen LogP contribution in [-0.2, 0) is 4.74 Å². The molecule has 0 atom stereocenters. The van der Waals surface area contributed by atoms with Crippen molar-refractivity contribution in [3.63, 3.8) is 0 Å². The first kappa shape index (κ1) is 14.9. The van der Waals surface area contributed by atoms with Crippen molar-refractivity contribution in [2.75, 3.05) is 39.4 Å². The minimum atomic E-state index is 0.745. The van der Waals surface area contributed by atoms with Crippen LogP contribution in [0.5, 0.6) is 0 Å². The summed E-state index contributed by atoms with van der Waals surface area (Å²) < 4.78 is 5.35. The Morgan fingerprint density at radius 3 is 2.35 bits per heavy atom. The minimum Gasteiger partial charge on any atom is -0.379 e. The number of hydrogen-bond donors (Lipinski definition) is 1. The summed E-state index contributed by atoms with van der Waals surface area (Å²) in [6.07, 6.45) is 6.50. The van der Waals surface area contributed by atoms with Gasteiger partial charge in [0.05, 0.1) is 13.2 Å². The second-order valence-electron chi connectivity index (χ2n) is 5.04. The highest BCUT2D eigenvalue weighted by Crippen LogP contribution is 2.04. The molecule has 0 aromatic carbocycles. The molecule has 1 aliphatic rings. The normalized spacial score (nSPS) is 17.8. The molecular formula is C14H30N2O. The summed E-state index contributed by atoms with van der Waals surface area (Å²) in [5, 5.41) is 3.70. The lowest BCUT2D eigenvalue weighted by Gasteiger charge is -2.27. The maximum absolute atomic E-state index is 5.35. The van der Waals surface area contributed by atoms with Crippen LogP contribution < -0.4 is 5.32 Å². The van der Waals surface area contributed by atoms with Gasteiger partial charge in [0.2, 0.25) is 0 Å². The molecule has 1 aliphatic heterocycles. The van der Waals surface area contributed by atoms with Gasteiger partial charge in [0.1, 0.15) is 0 Å². The van der Waals surface area contributed by atoms with Gasteiger partial charge in [-0.25, -0.2) is 0 Å². The van der Waals surface area contributed by atoms with Gasteiger partial charge in [-0.05, 0) is 32.4 Å². The third-order valence-electron chi connectivity index (χ3n) is 3.46. The average molecular weight is 242 g/mol. The van der Waals surface area contributed by atoms with Gasteiger partial charge in [-0.3, -0.25) is 4.90 Å². The fourth-order valence-corrected chi connectivity index (χ4v) is 2.48. The Morgan fingerprint density at radius 2 is 1.76 bits per heavy atom. The smallest absolute Gasteiger partial charge is 0.0594 e. The van der Waals surface area contributed by atoms with Crippen LogP contribution in [-0.4, -0.2) is 50.3 Å². The standard InChI is InChI=1S/C14H30N2O/c1-3-6-14(7-4-2)15-8-5-9-16-10-12-17-13-11-16/h14-15H,3-13H2,1-2H3. The molecule has 3 nitrogen and oxygen atoms in total. The van der Waals surface area contributed by atoms with Crippen LogP contribution >= 0.6 is 0 Å². The quantitative estimate of drug-likeness (QED) is 0.628. The average Bonchev–Trinajstić information content (AvgIpc) is 2.36. The van der Waals surface area contributed by atoms with E-state index in [1.165, 1.54) is 45.2 Å². The highest BCUT2D eigenvalue weighted by Gasteiger charge is 2.10. The molecule has 1 heterocycles. The number of nitrogens with one attached hydrogen (secondary N) is 1. The van der Waals surface area contributed by atoms with E-state index in [1.54, 1.807) is 0 Å². The molecule has 1 rings (SSSR count). The van der Waals surface area contributed by atoms with Crippen molar-refractivity contribution in [2.24, 2.45) is 0 Å². The summed E-state index contributed by atoms with van der Waals surface area (Å²) in [6.45, 7) is 11.0. The van der Waals surface area contributed by atoms with Crippen LogP contribution in [0.1, 0.15) is 46.0 Å². The Morgan fingerprint density at radius 1 is 1.12 bits per heavy atom. The van der Waals surface area contributed by atoms with Crippen LogP contribution in [0.3, 0.4) is 0 Å². The predicted octanol–water partition coefficient (Wildman–Crippen LogP) is 2.27. The molecule has 0 spiro atoms. The molecule has 1 saturated heterocycles. The van der Waals surface area contributed by atoms with E-state index in [-0.39, 0.29) is 0 Å². The molecule has 0 radical (unpaired) electrons. The van der Waals surface area contributed by atoms with Crippen molar-refractivity contribution in [1.82, 2.24) is 10.2 Å². The first-order chi connectivity index (χ1) is 8.36. The lowest BCUT2D eigenvalue weighted by atomic mass is 10.1. The van der Waals surface area contributed by atoms with Gasteiger partial charge >= 0.3 is 0 Å². The fraction of sp³-hybridized carbons (Fsp3) is 1.00. The Hall–Kier alpha value is -0.120. The third-order valence-corrected chi connectivity index (χ3v) is 3.46. The lowest BCUT2D eigenvalue weighted by Crippen LogP contribution is -2.38. The number of rotatable bonds is 9. The summed E-state index contributed by atoms with van der Waals surface area (Å²) in [7, 11) is 0. The molecular weight excluding hydrogens is 212 g/mol. The van der Waals surface area contributed by atoms with Crippen molar-refractivity contribution in [1.29, 1.82) is 0 Å². The molecule has 0 aromatic heterocycles. The molecule has 0 bridgehead atoms. The minimum absolute atomic E-state index is 0.745. The Balaban J connectivity index is 2.00. The van der Waals surface area contributed by atoms with Crippen LogP contribution in [0.2, 0.25) is 0 Å². The van der Waals surface area contributed by atoms with Gasteiger partial charge in [-0.2, -0.15) is 0 Å². The van der Waals surface area contributed by atoms with Gasteiger partial charge in [-0.1, -0.05) is 26.7 Å². The molecule has 0 aromatic rings. The SMILES string of the molecule is CCCC(CCC)NCCCN1CCOCC1. The fourth-order valence-electron chi connectivity index (χ4n) is 2.48. The summed E-state index contributed by atoms with van der Waals surface area (Å²) in [6, 6.07) is 0.745. The van der Waals surface area contributed by atoms with Crippen molar-refractivity contribution >= 4 is 0 Å². The highest BCUT2D eigenvalue weighted by atomic mass is 16.5. The summed E-state index contributed by atoms with van der Waals surface area (Å²) in [5.41, 5.74) is 0. The van der Waals surface area contributed by atoms with E-state index in [0.717, 1.165) is 32.3 Å². The summed E-state index contributed by atoms with van der Waals surface area (Å²) >= 11 is 0. The van der Waals surface area contributed by atoms with Gasteiger partial charge in [0.25, 0.3) is 0 Å². The molecule has 1 fully saturated rings. The van der Waals surface area contributed by atoms with Crippen molar-refractivity contribution in [2.45, 2.75) is 52.0 Å². The first-order valence-electron chi connectivity index (χ1n) is 7.40. The zero-order valence-corrected chi connectivity index (χ0v) is 11.7. The monoisotopic (exact) mass is 242 g/mol. The Labute approximate surface area is 107 Å². The van der Waals surface area contributed by atoms with Crippen LogP contribution in [0.15, 0.2) is 0 Å². The molecule has 0 amide bonds. The maximum Gasteiger partial charge on any atom is 0.0594 e. The van der Waals surface area contributed by atoms with Gasteiger partial charge in [0.15, 0.2) is 0 Å². The summed E-state index contributed by atoms with van der Waals surface area (Å²) in [4.78, 5) is 2.51. The van der Waals surface area contributed by atoms with E-state index >= 15 is 0 Å². The van der Waals surface area contributed by atoms with E-state index in [0.29, 0.717) is 0 Å². The van der Waals surface area contributed by atoms with Crippen LogP contribution in [0.4, 0.5) is 0 Å². The Bertz CT molecular complexity index is 164. The molecule has 0 aliphatic carbocycles. The van der Waals surface area contributed by atoms with Gasteiger partial charge in [-0.15, -0.1) is 0 Å². The van der Waals surface area contributed by atoms with E-state index in [4.69, 9.17) is 4.74 Å². The van der Waals surface area contributed by atoms with Crippen molar-refractivity contribution < 1.29 is 4.74 Å². The first-order valence-corrected chi connectivity index (χ1v) is 7.40. The number of hydrogen-bond acceptors (Lipinski definition) is 3. The number of ether oxygens (including phenoxy) is 1. The van der Waals surface area contributed by atoms with Crippen molar-refractivity contribution in [3.05, 3.63) is 0 Å². The zero-order chi connectivity index (χ0) is 12.3. The summed E-state index contributed by atoms with van der Waals surface area (Å²) in [5.74, 6) is 0. The highest BCUT2D eigenvalue weighted by molar-refractivity contribution is 4.67. The molecule has 3 heteroatoms. The molecule has 0 saturated carbocycles. The maximum atomic E-state index is 5.35. The van der Waals surface area contributed by atoms with E-state index in [1.807, 2.05) is 0 Å². The topological polar surface area (TPSA) is 24.5 Å². The third kappa shape index (κ3) is 7.02. The van der Waals surface area contributed by atoms with Gasteiger partial charge in [0, 0.05) is 19.1 Å². The number of morpholine rings is 1. The second-order valence-corrected chi connectivity index (χ2v) is 5.04. The van der Waals surface area contributed by atoms with Crippen LogP contribution in [0.25, 0.3) is 0 Å². The molecule has 0 unspecified atom stereocenters. The van der Waals surface area contributed by atoms with E-state index in [2.05, 4.69) is 24.1 Å². The molecule has 17 heavy (non-hydrogen) atoms. The molecule has 1 N–H and O–H groups in total. The van der Waals surface area contributed by atoms with Crippen LogP contribution in [0, 0.1) is 0 Å². The molecule has 102 valence electrons.